The lowest BCUT2D eigenvalue weighted by Crippen LogP contribution is -2.32. The third-order valence-electron chi connectivity index (χ3n) is 3.37. The van der Waals surface area contributed by atoms with Crippen LogP contribution in [0.4, 0.5) is 4.39 Å². The predicted molar refractivity (Wildman–Crippen MR) is 81.8 cm³/mol. The second-order valence-corrected chi connectivity index (χ2v) is 5.02. The Kier molecular flexibility index (Phi) is 5.66. The molecule has 1 amide bonds. The molecule has 2 aromatic rings. The molecule has 0 aliphatic rings. The predicted octanol–water partition coefficient (Wildman–Crippen LogP) is 2.09. The van der Waals surface area contributed by atoms with Crippen molar-refractivity contribution in [3.8, 4) is 11.3 Å². The summed E-state index contributed by atoms with van der Waals surface area (Å²) in [5.41, 5.74) is 0.374. The van der Waals surface area contributed by atoms with E-state index in [0.29, 0.717) is 36.6 Å². The molecule has 0 saturated heterocycles. The number of oxazole rings is 1. The van der Waals surface area contributed by atoms with Crippen LogP contribution in [-0.4, -0.2) is 43.0 Å². The minimum absolute atomic E-state index is 0.0286. The number of carbonyl (C=O) groups excluding carboxylic acids is 1. The number of aromatic nitrogens is 1. The van der Waals surface area contributed by atoms with Crippen molar-refractivity contribution in [3.05, 3.63) is 42.2 Å². The van der Waals surface area contributed by atoms with Crippen molar-refractivity contribution in [3.63, 3.8) is 0 Å². The van der Waals surface area contributed by atoms with Crippen LogP contribution in [-0.2, 0) is 11.2 Å². The van der Waals surface area contributed by atoms with Crippen molar-refractivity contribution in [2.24, 2.45) is 0 Å². The smallest absolute Gasteiger partial charge is 0.222 e. The average molecular weight is 305 g/mol. The molecule has 1 N–H and O–H groups in total. The first-order valence-electron chi connectivity index (χ1n) is 7.20. The fourth-order valence-corrected chi connectivity index (χ4v) is 2.02. The first-order valence-corrected chi connectivity index (χ1v) is 7.20. The van der Waals surface area contributed by atoms with E-state index in [2.05, 4.69) is 10.3 Å². The first-order chi connectivity index (χ1) is 10.6. The number of halogens is 1. The van der Waals surface area contributed by atoms with Crippen LogP contribution in [0, 0.1) is 5.82 Å². The summed E-state index contributed by atoms with van der Waals surface area (Å²) in [5, 5.41) is 2.99. The van der Waals surface area contributed by atoms with E-state index in [1.165, 1.54) is 12.3 Å². The molecule has 0 spiro atoms. The maximum Gasteiger partial charge on any atom is 0.222 e. The van der Waals surface area contributed by atoms with Gasteiger partial charge in [0.25, 0.3) is 0 Å². The Labute approximate surface area is 129 Å². The summed E-state index contributed by atoms with van der Waals surface area (Å²) in [6.45, 7) is 1.40. The van der Waals surface area contributed by atoms with Gasteiger partial charge in [0.1, 0.15) is 5.82 Å². The van der Waals surface area contributed by atoms with Gasteiger partial charge in [-0.3, -0.25) is 4.79 Å². The van der Waals surface area contributed by atoms with Gasteiger partial charge in [0.15, 0.2) is 11.7 Å². The van der Waals surface area contributed by atoms with Gasteiger partial charge in [0.2, 0.25) is 5.91 Å². The van der Waals surface area contributed by atoms with Gasteiger partial charge in [0, 0.05) is 33.0 Å². The number of hydrogen-bond donors (Lipinski definition) is 1. The van der Waals surface area contributed by atoms with Gasteiger partial charge in [-0.1, -0.05) is 12.1 Å². The van der Waals surface area contributed by atoms with Gasteiger partial charge in [-0.15, -0.1) is 0 Å². The zero-order chi connectivity index (χ0) is 15.9. The van der Waals surface area contributed by atoms with Crippen LogP contribution >= 0.6 is 0 Å². The molecule has 0 bridgehead atoms. The minimum Gasteiger partial charge on any atom is -0.441 e. The Bertz CT molecular complexity index is 627. The van der Waals surface area contributed by atoms with Crippen LogP contribution in [0.2, 0.25) is 0 Å². The number of aryl methyl sites for hydroxylation is 1. The molecule has 1 aromatic carbocycles. The fraction of sp³-hybridized carbons (Fsp3) is 0.375. The molecule has 1 aromatic heterocycles. The van der Waals surface area contributed by atoms with E-state index in [1.807, 2.05) is 7.05 Å². The number of nitrogens with zero attached hydrogens (tertiary/aromatic N) is 2. The van der Waals surface area contributed by atoms with E-state index in [0.717, 1.165) is 6.54 Å². The lowest BCUT2D eigenvalue weighted by atomic mass is 10.2. The normalized spacial score (nSPS) is 10.7. The van der Waals surface area contributed by atoms with E-state index in [9.17, 15) is 9.18 Å². The highest BCUT2D eigenvalue weighted by Crippen LogP contribution is 2.23. The summed E-state index contributed by atoms with van der Waals surface area (Å²) in [4.78, 5) is 17.7. The van der Waals surface area contributed by atoms with E-state index >= 15 is 0 Å². The van der Waals surface area contributed by atoms with Gasteiger partial charge in [-0.2, -0.15) is 0 Å². The van der Waals surface area contributed by atoms with Crippen molar-refractivity contribution in [2.75, 3.05) is 27.2 Å². The molecular formula is C16H20FN3O2. The minimum atomic E-state index is -0.354. The van der Waals surface area contributed by atoms with Crippen molar-refractivity contribution < 1.29 is 13.6 Å². The molecule has 2 rings (SSSR count). The molecule has 5 nitrogen and oxygen atoms in total. The highest BCUT2D eigenvalue weighted by Gasteiger charge is 2.13. The molecule has 22 heavy (non-hydrogen) atoms. The summed E-state index contributed by atoms with van der Waals surface area (Å²) in [6, 6.07) is 6.37. The second-order valence-electron chi connectivity index (χ2n) is 5.02. The monoisotopic (exact) mass is 305 g/mol. The molecule has 0 saturated carbocycles. The SMILES string of the molecule is CNCCN(C)C(=O)CCc1ncc(-c2ccccc2F)o1. The number of hydrogen-bond acceptors (Lipinski definition) is 4. The number of carbonyl (C=O) groups is 1. The average Bonchev–Trinajstić information content (AvgIpc) is 2.99. The molecular weight excluding hydrogens is 285 g/mol. The Morgan fingerprint density at radius 3 is 2.91 bits per heavy atom. The Hall–Kier alpha value is -2.21. The van der Waals surface area contributed by atoms with Gasteiger partial charge < -0.3 is 14.6 Å². The van der Waals surface area contributed by atoms with Gasteiger partial charge in [-0.05, 0) is 19.2 Å². The highest BCUT2D eigenvalue weighted by atomic mass is 19.1. The van der Waals surface area contributed by atoms with Crippen LogP contribution < -0.4 is 5.32 Å². The number of rotatable bonds is 7. The fourth-order valence-electron chi connectivity index (χ4n) is 2.02. The summed E-state index contributed by atoms with van der Waals surface area (Å²) in [6.07, 6.45) is 2.21. The van der Waals surface area contributed by atoms with Crippen molar-refractivity contribution in [1.29, 1.82) is 0 Å². The number of nitrogens with one attached hydrogen (secondary N) is 1. The van der Waals surface area contributed by atoms with E-state index < -0.39 is 0 Å². The molecule has 0 radical (unpaired) electrons. The third kappa shape index (κ3) is 4.14. The van der Waals surface area contributed by atoms with Crippen molar-refractivity contribution in [2.45, 2.75) is 12.8 Å². The molecule has 0 aliphatic carbocycles. The van der Waals surface area contributed by atoms with Crippen LogP contribution in [0.25, 0.3) is 11.3 Å². The van der Waals surface area contributed by atoms with Crippen LogP contribution in [0.3, 0.4) is 0 Å². The lowest BCUT2D eigenvalue weighted by Gasteiger charge is -2.16. The molecule has 6 heteroatoms. The van der Waals surface area contributed by atoms with E-state index in [1.54, 1.807) is 30.1 Å². The molecule has 0 unspecified atom stereocenters. The van der Waals surface area contributed by atoms with E-state index in [-0.39, 0.29) is 11.7 Å². The Balaban J connectivity index is 1.93. The maximum absolute atomic E-state index is 13.7. The lowest BCUT2D eigenvalue weighted by molar-refractivity contribution is -0.129. The van der Waals surface area contributed by atoms with E-state index in [4.69, 9.17) is 4.42 Å². The number of likely N-dealkylation sites (N-methyl/N-ethyl adjacent to an activating group) is 2. The zero-order valence-corrected chi connectivity index (χ0v) is 12.8. The maximum atomic E-state index is 13.7. The van der Waals surface area contributed by atoms with Crippen LogP contribution in [0.5, 0.6) is 0 Å². The molecule has 1 heterocycles. The zero-order valence-electron chi connectivity index (χ0n) is 12.8. The topological polar surface area (TPSA) is 58.4 Å². The Morgan fingerprint density at radius 1 is 1.41 bits per heavy atom. The Morgan fingerprint density at radius 2 is 2.18 bits per heavy atom. The molecule has 0 atom stereocenters. The first kappa shape index (κ1) is 16.2. The standard InChI is InChI=1S/C16H20FN3O2/c1-18-9-10-20(2)16(21)8-7-15-19-11-14(22-15)12-5-3-4-6-13(12)17/h3-6,11,18H,7-10H2,1-2H3. The van der Waals surface area contributed by atoms with Gasteiger partial charge >= 0.3 is 0 Å². The molecule has 0 fully saturated rings. The largest absolute Gasteiger partial charge is 0.441 e. The summed E-state index contributed by atoms with van der Waals surface area (Å²) >= 11 is 0. The summed E-state index contributed by atoms with van der Waals surface area (Å²) in [5.74, 6) is 0.492. The van der Waals surface area contributed by atoms with Crippen LogP contribution in [0.1, 0.15) is 12.3 Å². The highest BCUT2D eigenvalue weighted by molar-refractivity contribution is 5.76. The van der Waals surface area contributed by atoms with Crippen molar-refractivity contribution >= 4 is 5.91 Å². The quantitative estimate of drug-likeness (QED) is 0.851. The van der Waals surface area contributed by atoms with Gasteiger partial charge in [0.05, 0.1) is 11.8 Å². The summed E-state index contributed by atoms with van der Waals surface area (Å²) in [7, 11) is 3.61. The van der Waals surface area contributed by atoms with Crippen LogP contribution in [0.15, 0.2) is 34.9 Å². The summed E-state index contributed by atoms with van der Waals surface area (Å²) < 4.78 is 19.2. The second kappa shape index (κ2) is 7.70. The van der Waals surface area contributed by atoms with Gasteiger partial charge in [-0.25, -0.2) is 9.37 Å². The molecule has 118 valence electrons. The number of benzene rings is 1. The molecule has 0 aliphatic heterocycles. The van der Waals surface area contributed by atoms with Crippen molar-refractivity contribution in [1.82, 2.24) is 15.2 Å². The number of amides is 1. The third-order valence-corrected chi connectivity index (χ3v) is 3.37.